The fraction of sp³-hybridized carbons (Fsp3) is 0.588. The number of hydrogen-bond acceptors (Lipinski definition) is 3. The van der Waals surface area contributed by atoms with Gasteiger partial charge >= 0.3 is 0 Å². The van der Waals surface area contributed by atoms with Crippen LogP contribution in [0.2, 0.25) is 0 Å². The minimum atomic E-state index is -0.135. The summed E-state index contributed by atoms with van der Waals surface area (Å²) in [5, 5.41) is 12.7. The molecular formula is C17H25NO3. The molecule has 0 saturated heterocycles. The van der Waals surface area contributed by atoms with Gasteiger partial charge in [0.1, 0.15) is 0 Å². The molecule has 116 valence electrons. The van der Waals surface area contributed by atoms with E-state index in [9.17, 15) is 9.90 Å². The van der Waals surface area contributed by atoms with Gasteiger partial charge in [0.05, 0.1) is 13.2 Å². The van der Waals surface area contributed by atoms with Crippen LogP contribution in [-0.4, -0.2) is 31.3 Å². The van der Waals surface area contributed by atoms with E-state index in [-0.39, 0.29) is 17.9 Å². The van der Waals surface area contributed by atoms with Gasteiger partial charge in [-0.1, -0.05) is 37.5 Å². The zero-order chi connectivity index (χ0) is 15.1. The molecule has 4 heteroatoms. The zero-order valence-electron chi connectivity index (χ0n) is 12.7. The van der Waals surface area contributed by atoms with Crippen molar-refractivity contribution >= 4 is 5.91 Å². The summed E-state index contributed by atoms with van der Waals surface area (Å²) in [6.45, 7) is 1.12. The van der Waals surface area contributed by atoms with Crippen molar-refractivity contribution in [2.45, 2.75) is 38.7 Å². The van der Waals surface area contributed by atoms with E-state index in [4.69, 9.17) is 4.74 Å². The van der Waals surface area contributed by atoms with Crippen molar-refractivity contribution in [1.82, 2.24) is 5.32 Å². The minimum Gasteiger partial charge on any atom is -0.396 e. The Morgan fingerprint density at radius 3 is 2.67 bits per heavy atom. The number of rotatable bonds is 6. The lowest BCUT2D eigenvalue weighted by Gasteiger charge is -2.35. The van der Waals surface area contributed by atoms with E-state index in [0.29, 0.717) is 18.7 Å². The summed E-state index contributed by atoms with van der Waals surface area (Å²) < 4.78 is 5.13. The fourth-order valence-electron chi connectivity index (χ4n) is 3.08. The number of benzene rings is 1. The molecule has 2 rings (SSSR count). The second-order valence-electron chi connectivity index (χ2n) is 5.99. The van der Waals surface area contributed by atoms with E-state index in [1.165, 1.54) is 6.42 Å². The first-order valence-corrected chi connectivity index (χ1v) is 7.67. The van der Waals surface area contributed by atoms with Crippen LogP contribution < -0.4 is 5.32 Å². The third kappa shape index (κ3) is 4.05. The van der Waals surface area contributed by atoms with Crippen LogP contribution >= 0.6 is 0 Å². The Morgan fingerprint density at radius 1 is 1.29 bits per heavy atom. The van der Waals surface area contributed by atoms with E-state index in [2.05, 4.69) is 5.32 Å². The SMILES string of the molecule is COCc1ccccc1C(=O)NCC1(CO)CCCCC1. The van der Waals surface area contributed by atoms with Gasteiger partial charge in [0.15, 0.2) is 0 Å². The van der Waals surface area contributed by atoms with Crippen LogP contribution in [-0.2, 0) is 11.3 Å². The summed E-state index contributed by atoms with van der Waals surface area (Å²) in [5.41, 5.74) is 1.41. The van der Waals surface area contributed by atoms with Crippen molar-refractivity contribution in [3.63, 3.8) is 0 Å². The number of aliphatic hydroxyl groups excluding tert-OH is 1. The highest BCUT2D eigenvalue weighted by Gasteiger charge is 2.31. The number of nitrogens with one attached hydrogen (secondary N) is 1. The number of amides is 1. The average molecular weight is 291 g/mol. The van der Waals surface area contributed by atoms with Crippen LogP contribution in [0.1, 0.15) is 48.0 Å². The molecule has 0 atom stereocenters. The number of aliphatic hydroxyl groups is 1. The lowest BCUT2D eigenvalue weighted by Crippen LogP contribution is -2.41. The predicted molar refractivity (Wildman–Crippen MR) is 82.1 cm³/mol. The average Bonchev–Trinajstić information content (AvgIpc) is 2.54. The first-order valence-electron chi connectivity index (χ1n) is 7.67. The number of methoxy groups -OCH3 is 1. The largest absolute Gasteiger partial charge is 0.396 e. The van der Waals surface area contributed by atoms with Crippen molar-refractivity contribution in [2.75, 3.05) is 20.3 Å². The molecule has 0 aromatic heterocycles. The molecule has 1 aromatic rings. The monoisotopic (exact) mass is 291 g/mol. The molecule has 0 bridgehead atoms. The van der Waals surface area contributed by atoms with Crippen LogP contribution in [0.15, 0.2) is 24.3 Å². The van der Waals surface area contributed by atoms with Crippen LogP contribution in [0, 0.1) is 5.41 Å². The van der Waals surface area contributed by atoms with E-state index in [1.807, 2.05) is 24.3 Å². The van der Waals surface area contributed by atoms with E-state index in [1.54, 1.807) is 7.11 Å². The summed E-state index contributed by atoms with van der Waals surface area (Å²) in [7, 11) is 1.62. The molecule has 0 radical (unpaired) electrons. The smallest absolute Gasteiger partial charge is 0.251 e. The van der Waals surface area contributed by atoms with Gasteiger partial charge < -0.3 is 15.2 Å². The summed E-state index contributed by atoms with van der Waals surface area (Å²) in [6.07, 6.45) is 5.48. The molecule has 1 aliphatic carbocycles. The van der Waals surface area contributed by atoms with E-state index < -0.39 is 0 Å². The van der Waals surface area contributed by atoms with Gasteiger partial charge in [0.25, 0.3) is 5.91 Å². The molecule has 0 unspecified atom stereocenters. The van der Waals surface area contributed by atoms with Crippen molar-refractivity contribution < 1.29 is 14.6 Å². The number of carbonyl (C=O) groups is 1. The van der Waals surface area contributed by atoms with Crippen molar-refractivity contribution in [3.8, 4) is 0 Å². The van der Waals surface area contributed by atoms with E-state index >= 15 is 0 Å². The third-order valence-electron chi connectivity index (χ3n) is 4.44. The topological polar surface area (TPSA) is 58.6 Å². The molecule has 0 spiro atoms. The van der Waals surface area contributed by atoms with Gasteiger partial charge in [-0.2, -0.15) is 0 Å². The van der Waals surface area contributed by atoms with Crippen LogP contribution in [0.4, 0.5) is 0 Å². The predicted octanol–water partition coefficient (Wildman–Crippen LogP) is 2.51. The molecule has 21 heavy (non-hydrogen) atoms. The van der Waals surface area contributed by atoms with E-state index in [0.717, 1.165) is 31.2 Å². The van der Waals surface area contributed by atoms with Gasteiger partial charge in [-0.05, 0) is 24.5 Å². The Labute approximate surface area is 126 Å². The lowest BCUT2D eigenvalue weighted by atomic mass is 9.74. The highest BCUT2D eigenvalue weighted by molar-refractivity contribution is 5.95. The second-order valence-corrected chi connectivity index (χ2v) is 5.99. The van der Waals surface area contributed by atoms with Crippen LogP contribution in [0.25, 0.3) is 0 Å². The maximum absolute atomic E-state index is 12.4. The highest BCUT2D eigenvalue weighted by atomic mass is 16.5. The zero-order valence-corrected chi connectivity index (χ0v) is 12.7. The quantitative estimate of drug-likeness (QED) is 0.846. The Morgan fingerprint density at radius 2 is 2.00 bits per heavy atom. The maximum atomic E-state index is 12.4. The van der Waals surface area contributed by atoms with Crippen molar-refractivity contribution in [3.05, 3.63) is 35.4 Å². The van der Waals surface area contributed by atoms with Gasteiger partial charge in [-0.15, -0.1) is 0 Å². The lowest BCUT2D eigenvalue weighted by molar-refractivity contribution is 0.0716. The second kappa shape index (κ2) is 7.57. The Hall–Kier alpha value is -1.39. The van der Waals surface area contributed by atoms with Crippen LogP contribution in [0.5, 0.6) is 0 Å². The summed E-state index contributed by atoms with van der Waals surface area (Å²) in [4.78, 5) is 12.4. The van der Waals surface area contributed by atoms with Gasteiger partial charge in [-0.25, -0.2) is 0 Å². The van der Waals surface area contributed by atoms with Crippen LogP contribution in [0.3, 0.4) is 0 Å². The minimum absolute atomic E-state index is 0.0824. The number of ether oxygens (including phenoxy) is 1. The Balaban J connectivity index is 2.01. The Bertz CT molecular complexity index is 467. The molecule has 1 aliphatic rings. The molecule has 1 saturated carbocycles. The molecule has 1 fully saturated rings. The molecular weight excluding hydrogens is 266 g/mol. The first-order chi connectivity index (χ1) is 10.2. The van der Waals surface area contributed by atoms with Gasteiger partial charge in [0, 0.05) is 24.6 Å². The summed E-state index contributed by atoms with van der Waals surface area (Å²) >= 11 is 0. The van der Waals surface area contributed by atoms with Gasteiger partial charge in [-0.3, -0.25) is 4.79 Å². The standard InChI is InChI=1S/C17H25NO3/c1-21-11-14-7-3-4-8-15(14)16(20)18-12-17(13-19)9-5-2-6-10-17/h3-4,7-8,19H,2,5-6,9-13H2,1H3,(H,18,20). The summed E-state index contributed by atoms with van der Waals surface area (Å²) in [5.74, 6) is -0.0824. The summed E-state index contributed by atoms with van der Waals surface area (Å²) in [6, 6.07) is 7.48. The van der Waals surface area contributed by atoms with Gasteiger partial charge in [0.2, 0.25) is 0 Å². The molecule has 2 N–H and O–H groups in total. The molecule has 4 nitrogen and oxygen atoms in total. The normalized spacial score (nSPS) is 17.4. The maximum Gasteiger partial charge on any atom is 0.251 e. The molecule has 0 aliphatic heterocycles. The molecule has 0 heterocycles. The van der Waals surface area contributed by atoms with Crippen molar-refractivity contribution in [2.24, 2.45) is 5.41 Å². The van der Waals surface area contributed by atoms with Crippen molar-refractivity contribution in [1.29, 1.82) is 0 Å². The first kappa shape index (κ1) is 16.0. The molecule has 1 aromatic carbocycles. The molecule has 1 amide bonds. The number of carbonyl (C=O) groups excluding carboxylic acids is 1. The Kier molecular flexibility index (Phi) is 5.76. The highest BCUT2D eigenvalue weighted by Crippen LogP contribution is 2.35. The third-order valence-corrected chi connectivity index (χ3v) is 4.44. The fourth-order valence-corrected chi connectivity index (χ4v) is 3.08. The number of hydrogen-bond donors (Lipinski definition) is 2.